The number of carbonyl (C=O) groups is 4. The third-order valence-electron chi connectivity index (χ3n) is 4.27. The molecular formula is C18H17NO5. The Labute approximate surface area is 139 Å². The Kier molecular flexibility index (Phi) is 4.29. The summed E-state index contributed by atoms with van der Waals surface area (Å²) in [7, 11) is 0. The van der Waals surface area contributed by atoms with Gasteiger partial charge >= 0.3 is 5.97 Å². The van der Waals surface area contributed by atoms with Crippen molar-refractivity contribution >= 4 is 23.6 Å². The van der Waals surface area contributed by atoms with Crippen LogP contribution in [0.2, 0.25) is 0 Å². The second-order valence-electron chi connectivity index (χ2n) is 5.88. The fraction of sp³-hybridized carbons (Fsp3) is 0.333. The molecule has 6 heteroatoms. The van der Waals surface area contributed by atoms with Gasteiger partial charge in [0.05, 0.1) is 16.7 Å². The number of ether oxygens (including phenoxy) is 1. The van der Waals surface area contributed by atoms with Gasteiger partial charge in [-0.1, -0.05) is 6.08 Å². The fourth-order valence-electron chi connectivity index (χ4n) is 2.99. The molecule has 1 aromatic rings. The van der Waals surface area contributed by atoms with E-state index < -0.39 is 23.9 Å². The summed E-state index contributed by atoms with van der Waals surface area (Å²) in [5.41, 5.74) is 0.590. The minimum atomic E-state index is -0.714. The van der Waals surface area contributed by atoms with Crippen molar-refractivity contribution in [1.82, 2.24) is 4.90 Å². The number of amides is 2. The zero-order valence-electron chi connectivity index (χ0n) is 13.1. The molecule has 0 spiro atoms. The molecule has 1 atom stereocenters. The summed E-state index contributed by atoms with van der Waals surface area (Å²) in [6.45, 7) is 3.64. The molecule has 6 nitrogen and oxygen atoms in total. The van der Waals surface area contributed by atoms with E-state index in [1.807, 2.05) is 0 Å². The lowest BCUT2D eigenvalue weighted by atomic mass is 9.96. The van der Waals surface area contributed by atoms with Crippen LogP contribution in [-0.2, 0) is 9.53 Å². The van der Waals surface area contributed by atoms with Gasteiger partial charge in [-0.15, -0.1) is 6.58 Å². The van der Waals surface area contributed by atoms with Crippen LogP contribution in [0, 0.1) is 0 Å². The second-order valence-corrected chi connectivity index (χ2v) is 5.88. The van der Waals surface area contributed by atoms with Gasteiger partial charge in [-0.2, -0.15) is 0 Å². The van der Waals surface area contributed by atoms with Crippen LogP contribution in [0.4, 0.5) is 0 Å². The number of rotatable bonds is 4. The zero-order valence-corrected chi connectivity index (χ0v) is 13.1. The first-order valence-electron chi connectivity index (χ1n) is 7.87. The van der Waals surface area contributed by atoms with Crippen LogP contribution in [-0.4, -0.2) is 41.1 Å². The van der Waals surface area contributed by atoms with Crippen molar-refractivity contribution in [3.63, 3.8) is 0 Å². The molecule has 2 amide bonds. The minimum absolute atomic E-state index is 0.0702. The summed E-state index contributed by atoms with van der Waals surface area (Å²) in [4.78, 5) is 49.5. The number of Topliss-reactive ketones (excluding diaryl/α,β-unsaturated/α-hetero) is 1. The van der Waals surface area contributed by atoms with Crippen LogP contribution in [0.25, 0.3) is 0 Å². The quantitative estimate of drug-likeness (QED) is 0.481. The van der Waals surface area contributed by atoms with Crippen LogP contribution < -0.4 is 0 Å². The third kappa shape index (κ3) is 2.75. The Hall–Kier alpha value is -2.76. The third-order valence-corrected chi connectivity index (χ3v) is 4.27. The Morgan fingerprint density at radius 2 is 1.96 bits per heavy atom. The van der Waals surface area contributed by atoms with Gasteiger partial charge in [0, 0.05) is 13.0 Å². The average Bonchev–Trinajstić information content (AvgIpc) is 2.82. The molecule has 1 aliphatic heterocycles. The fourth-order valence-corrected chi connectivity index (χ4v) is 2.99. The van der Waals surface area contributed by atoms with E-state index in [0.717, 1.165) is 17.7 Å². The molecule has 124 valence electrons. The summed E-state index contributed by atoms with van der Waals surface area (Å²) >= 11 is 0. The first-order chi connectivity index (χ1) is 11.5. The maximum atomic E-state index is 12.3. The topological polar surface area (TPSA) is 80.8 Å². The molecule has 0 radical (unpaired) electrons. The monoisotopic (exact) mass is 327 g/mol. The molecule has 0 aromatic heterocycles. The number of esters is 1. The molecular weight excluding hydrogens is 310 g/mol. The molecule has 2 aliphatic rings. The summed E-state index contributed by atoms with van der Waals surface area (Å²) in [6.07, 6.45) is 3.37. The van der Waals surface area contributed by atoms with Crippen molar-refractivity contribution in [3.05, 3.63) is 47.5 Å². The van der Waals surface area contributed by atoms with E-state index in [2.05, 4.69) is 6.58 Å². The first-order valence-corrected chi connectivity index (χ1v) is 7.87. The average molecular weight is 327 g/mol. The number of nitrogens with zero attached hydrogens (tertiary/aromatic N) is 1. The van der Waals surface area contributed by atoms with Gasteiger partial charge in [0.25, 0.3) is 11.8 Å². The van der Waals surface area contributed by atoms with Gasteiger partial charge in [0.15, 0.2) is 11.9 Å². The minimum Gasteiger partial charge on any atom is -0.451 e. The van der Waals surface area contributed by atoms with Gasteiger partial charge in [0.2, 0.25) is 0 Å². The standard InChI is InChI=1S/C18H17NO5/c1-2-9-19-16(21)12-8-7-11(10-13(12)17(19)22)18(23)24-15-6-4-3-5-14(15)20/h2,7-8,10,15H,1,3-6,9H2. The SMILES string of the molecule is C=CCN1C(=O)c2ccc(C(=O)OC3CCCCC3=O)cc2C1=O. The van der Waals surface area contributed by atoms with E-state index in [0.29, 0.717) is 12.8 Å². The second kappa shape index (κ2) is 6.39. The van der Waals surface area contributed by atoms with Crippen LogP contribution in [0.15, 0.2) is 30.9 Å². The number of fused-ring (bicyclic) bond motifs is 1. The van der Waals surface area contributed by atoms with Gasteiger partial charge in [0.1, 0.15) is 0 Å². The number of imide groups is 1. The largest absolute Gasteiger partial charge is 0.451 e. The normalized spacial score (nSPS) is 20.1. The molecule has 1 heterocycles. The zero-order chi connectivity index (χ0) is 17.3. The number of benzene rings is 1. The van der Waals surface area contributed by atoms with E-state index in [-0.39, 0.29) is 29.0 Å². The van der Waals surface area contributed by atoms with E-state index in [4.69, 9.17) is 4.74 Å². The maximum Gasteiger partial charge on any atom is 0.338 e. The van der Waals surface area contributed by atoms with E-state index in [9.17, 15) is 19.2 Å². The molecule has 24 heavy (non-hydrogen) atoms. The summed E-state index contributed by atoms with van der Waals surface area (Å²) in [5, 5.41) is 0. The highest BCUT2D eigenvalue weighted by atomic mass is 16.5. The van der Waals surface area contributed by atoms with Crippen LogP contribution >= 0.6 is 0 Å². The molecule has 1 aliphatic carbocycles. The lowest BCUT2D eigenvalue weighted by molar-refractivity contribution is -0.129. The van der Waals surface area contributed by atoms with Crippen LogP contribution in [0.1, 0.15) is 56.8 Å². The molecule has 1 unspecified atom stereocenters. The Morgan fingerprint density at radius 3 is 2.67 bits per heavy atom. The molecule has 0 N–H and O–H groups in total. The van der Waals surface area contributed by atoms with E-state index in [1.54, 1.807) is 0 Å². The molecule has 1 aromatic carbocycles. The maximum absolute atomic E-state index is 12.3. The molecule has 1 fully saturated rings. The van der Waals surface area contributed by atoms with Crippen molar-refractivity contribution in [3.8, 4) is 0 Å². The van der Waals surface area contributed by atoms with Gasteiger partial charge in [-0.3, -0.25) is 19.3 Å². The summed E-state index contributed by atoms with van der Waals surface area (Å²) in [6, 6.07) is 4.24. The smallest absolute Gasteiger partial charge is 0.338 e. The Bertz CT molecular complexity index is 752. The number of carbonyl (C=O) groups excluding carboxylic acids is 4. The Morgan fingerprint density at radius 1 is 1.21 bits per heavy atom. The van der Waals surface area contributed by atoms with E-state index >= 15 is 0 Å². The van der Waals surface area contributed by atoms with Crippen LogP contribution in [0.3, 0.4) is 0 Å². The van der Waals surface area contributed by atoms with Crippen molar-refractivity contribution in [1.29, 1.82) is 0 Å². The molecule has 3 rings (SSSR count). The number of hydrogen-bond donors (Lipinski definition) is 0. The van der Waals surface area contributed by atoms with Crippen molar-refractivity contribution in [2.24, 2.45) is 0 Å². The van der Waals surface area contributed by atoms with E-state index in [1.165, 1.54) is 24.3 Å². The summed E-state index contributed by atoms with van der Waals surface area (Å²) < 4.78 is 5.27. The lowest BCUT2D eigenvalue weighted by Gasteiger charge is -2.20. The predicted molar refractivity (Wildman–Crippen MR) is 84.7 cm³/mol. The van der Waals surface area contributed by atoms with Crippen molar-refractivity contribution < 1.29 is 23.9 Å². The van der Waals surface area contributed by atoms with Gasteiger partial charge in [-0.05, 0) is 37.5 Å². The highest BCUT2D eigenvalue weighted by Crippen LogP contribution is 2.25. The lowest BCUT2D eigenvalue weighted by Crippen LogP contribution is -2.30. The van der Waals surface area contributed by atoms with Gasteiger partial charge in [-0.25, -0.2) is 4.79 Å². The van der Waals surface area contributed by atoms with Crippen LogP contribution in [0.5, 0.6) is 0 Å². The number of ketones is 1. The molecule has 0 bridgehead atoms. The predicted octanol–water partition coefficient (Wildman–Crippen LogP) is 2.14. The first kappa shape index (κ1) is 16.1. The highest BCUT2D eigenvalue weighted by Gasteiger charge is 2.35. The number of hydrogen-bond acceptors (Lipinski definition) is 5. The molecule has 1 saturated carbocycles. The van der Waals surface area contributed by atoms with Crippen molar-refractivity contribution in [2.45, 2.75) is 31.8 Å². The Balaban J connectivity index is 1.81. The molecule has 0 saturated heterocycles. The highest BCUT2D eigenvalue weighted by molar-refractivity contribution is 6.22. The summed E-state index contributed by atoms with van der Waals surface area (Å²) in [5.74, 6) is -1.59. The van der Waals surface area contributed by atoms with Gasteiger partial charge < -0.3 is 4.74 Å². The van der Waals surface area contributed by atoms with Crippen molar-refractivity contribution in [2.75, 3.05) is 6.54 Å².